The van der Waals surface area contributed by atoms with E-state index in [-0.39, 0.29) is 11.7 Å². The Hall–Kier alpha value is -0.570. The summed E-state index contributed by atoms with van der Waals surface area (Å²) >= 11 is 0. The van der Waals surface area contributed by atoms with Crippen LogP contribution >= 0.6 is 0 Å². The molecular weight excluding hydrogens is 236 g/mol. The topological polar surface area (TPSA) is 32.3 Å². The summed E-state index contributed by atoms with van der Waals surface area (Å²) in [5.41, 5.74) is -0.00625. The van der Waals surface area contributed by atoms with Crippen molar-refractivity contribution in [2.45, 2.75) is 84.3 Å². The minimum absolute atomic E-state index is 0.233. The summed E-state index contributed by atoms with van der Waals surface area (Å²) < 4.78 is 0. The van der Waals surface area contributed by atoms with Crippen LogP contribution in [0.3, 0.4) is 0 Å². The van der Waals surface area contributed by atoms with E-state index >= 15 is 0 Å². The highest BCUT2D eigenvalue weighted by Crippen LogP contribution is 2.38. The first kappa shape index (κ1) is 14.8. The maximum absolute atomic E-state index is 12.7. The van der Waals surface area contributed by atoms with Crippen LogP contribution in [-0.2, 0) is 4.79 Å². The zero-order valence-electron chi connectivity index (χ0n) is 13.1. The lowest BCUT2D eigenvalue weighted by Crippen LogP contribution is -2.45. The molecule has 1 aliphatic heterocycles. The van der Waals surface area contributed by atoms with E-state index in [1.54, 1.807) is 0 Å². The summed E-state index contributed by atoms with van der Waals surface area (Å²) in [5, 5.41) is 3.55. The lowest BCUT2D eigenvalue weighted by molar-refractivity contribution is -0.134. The molecule has 1 heterocycles. The molecule has 0 aromatic heterocycles. The van der Waals surface area contributed by atoms with Crippen molar-refractivity contribution in [2.24, 2.45) is 5.41 Å². The number of amides is 1. The van der Waals surface area contributed by atoms with E-state index in [1.807, 2.05) is 0 Å². The summed E-state index contributed by atoms with van der Waals surface area (Å²) in [6, 6.07) is 0. The molecule has 1 amide bonds. The van der Waals surface area contributed by atoms with Crippen LogP contribution in [-0.4, -0.2) is 29.1 Å². The lowest BCUT2D eigenvalue weighted by atomic mass is 9.75. The zero-order valence-corrected chi connectivity index (χ0v) is 13.1. The molecule has 0 aromatic rings. The Morgan fingerprint density at radius 1 is 1.21 bits per heavy atom. The largest absolute Gasteiger partial charge is 0.325 e. The first-order valence-electron chi connectivity index (χ1n) is 8.03. The van der Waals surface area contributed by atoms with E-state index in [9.17, 15) is 4.79 Å². The Bertz CT molecular complexity index is 336. The minimum atomic E-state index is -0.342. The average molecular weight is 266 g/mol. The smallest absolute Gasteiger partial charge is 0.243 e. The van der Waals surface area contributed by atoms with Crippen molar-refractivity contribution in [1.82, 2.24) is 10.2 Å². The van der Waals surface area contributed by atoms with Crippen LogP contribution in [0.4, 0.5) is 0 Å². The Kier molecular flexibility index (Phi) is 4.24. The molecule has 2 fully saturated rings. The summed E-state index contributed by atoms with van der Waals surface area (Å²) in [6.07, 6.45) is 8.67. The van der Waals surface area contributed by atoms with Gasteiger partial charge in [0.05, 0.1) is 11.7 Å². The number of carbonyl (C=O) groups excluding carboxylic acids is 1. The van der Waals surface area contributed by atoms with Crippen molar-refractivity contribution in [3.05, 3.63) is 0 Å². The third kappa shape index (κ3) is 2.81. The molecule has 19 heavy (non-hydrogen) atoms. The van der Waals surface area contributed by atoms with Crippen LogP contribution in [0.25, 0.3) is 0 Å². The first-order chi connectivity index (χ1) is 8.94. The highest BCUT2D eigenvalue weighted by atomic mass is 16.2. The summed E-state index contributed by atoms with van der Waals surface area (Å²) in [4.78, 5) is 14.8. The molecule has 110 valence electrons. The van der Waals surface area contributed by atoms with Gasteiger partial charge in [0.2, 0.25) is 5.91 Å². The van der Waals surface area contributed by atoms with Crippen molar-refractivity contribution in [3.63, 3.8) is 0 Å². The van der Waals surface area contributed by atoms with Crippen molar-refractivity contribution in [1.29, 1.82) is 0 Å². The Labute approximate surface area is 118 Å². The van der Waals surface area contributed by atoms with Crippen LogP contribution in [0, 0.1) is 5.41 Å². The third-order valence-corrected chi connectivity index (χ3v) is 5.30. The maximum atomic E-state index is 12.7. The molecule has 2 aliphatic rings. The average Bonchev–Trinajstić information content (AvgIpc) is 2.64. The van der Waals surface area contributed by atoms with Gasteiger partial charge in [-0.3, -0.25) is 10.1 Å². The molecule has 1 N–H and O–H groups in total. The molecule has 0 bridgehead atoms. The van der Waals surface area contributed by atoms with Crippen molar-refractivity contribution >= 4 is 5.91 Å². The Morgan fingerprint density at radius 3 is 2.37 bits per heavy atom. The minimum Gasteiger partial charge on any atom is -0.325 e. The Morgan fingerprint density at radius 2 is 1.84 bits per heavy atom. The van der Waals surface area contributed by atoms with Crippen LogP contribution in [0.1, 0.15) is 72.6 Å². The van der Waals surface area contributed by atoms with Gasteiger partial charge in [-0.15, -0.1) is 0 Å². The van der Waals surface area contributed by atoms with Gasteiger partial charge in [0.15, 0.2) is 0 Å². The van der Waals surface area contributed by atoms with Gasteiger partial charge in [0, 0.05) is 6.54 Å². The molecule has 2 atom stereocenters. The normalized spacial score (nSPS) is 34.8. The number of hydrogen-bond donors (Lipinski definition) is 1. The summed E-state index contributed by atoms with van der Waals surface area (Å²) in [7, 11) is 0. The fraction of sp³-hybridized carbons (Fsp3) is 0.938. The highest BCUT2D eigenvalue weighted by molar-refractivity contribution is 5.88. The molecule has 3 heteroatoms. The molecule has 2 rings (SSSR count). The lowest BCUT2D eigenvalue weighted by Gasteiger charge is -2.38. The van der Waals surface area contributed by atoms with E-state index in [0.29, 0.717) is 11.3 Å². The maximum Gasteiger partial charge on any atom is 0.243 e. The highest BCUT2D eigenvalue weighted by Gasteiger charge is 2.47. The molecule has 1 saturated heterocycles. The second-order valence-corrected chi connectivity index (χ2v) is 7.06. The monoisotopic (exact) mass is 266 g/mol. The molecule has 1 saturated carbocycles. The predicted octanol–water partition coefficient (Wildman–Crippen LogP) is 3.29. The van der Waals surface area contributed by atoms with Crippen LogP contribution in [0.15, 0.2) is 0 Å². The molecule has 3 nitrogen and oxygen atoms in total. The van der Waals surface area contributed by atoms with Gasteiger partial charge >= 0.3 is 0 Å². The van der Waals surface area contributed by atoms with Gasteiger partial charge in [-0.25, -0.2) is 0 Å². The van der Waals surface area contributed by atoms with E-state index in [2.05, 4.69) is 37.9 Å². The third-order valence-electron chi connectivity index (χ3n) is 5.30. The molecule has 0 radical (unpaired) electrons. The van der Waals surface area contributed by atoms with Crippen LogP contribution < -0.4 is 5.32 Å². The Balaban J connectivity index is 2.11. The standard InChI is InChI=1S/C16H30N2O/c1-5-13-17-16(4,6-2)14(19)18(13)12-15(3)10-8-7-9-11-15/h13,17H,5-12H2,1-4H3. The second-order valence-electron chi connectivity index (χ2n) is 7.06. The van der Waals surface area contributed by atoms with Gasteiger partial charge in [-0.05, 0) is 38.0 Å². The van der Waals surface area contributed by atoms with Crippen molar-refractivity contribution in [3.8, 4) is 0 Å². The fourth-order valence-electron chi connectivity index (χ4n) is 3.70. The van der Waals surface area contributed by atoms with Gasteiger partial charge in [0.1, 0.15) is 0 Å². The van der Waals surface area contributed by atoms with Gasteiger partial charge in [0.25, 0.3) is 0 Å². The van der Waals surface area contributed by atoms with Crippen molar-refractivity contribution < 1.29 is 4.79 Å². The number of hydrogen-bond acceptors (Lipinski definition) is 2. The van der Waals surface area contributed by atoms with E-state index in [1.165, 1.54) is 32.1 Å². The summed E-state index contributed by atoms with van der Waals surface area (Å²) in [6.45, 7) is 9.63. The summed E-state index contributed by atoms with van der Waals surface area (Å²) in [5.74, 6) is 0.314. The van der Waals surface area contributed by atoms with Gasteiger partial charge in [-0.2, -0.15) is 0 Å². The fourth-order valence-corrected chi connectivity index (χ4v) is 3.70. The number of rotatable bonds is 4. The van der Waals surface area contributed by atoms with E-state index in [0.717, 1.165) is 19.4 Å². The van der Waals surface area contributed by atoms with Crippen LogP contribution in [0.5, 0.6) is 0 Å². The molecule has 2 unspecified atom stereocenters. The molecular formula is C16H30N2O. The van der Waals surface area contributed by atoms with Crippen LogP contribution in [0.2, 0.25) is 0 Å². The zero-order chi connectivity index (χ0) is 14.1. The van der Waals surface area contributed by atoms with Gasteiger partial charge in [-0.1, -0.05) is 40.0 Å². The number of carbonyl (C=O) groups is 1. The second kappa shape index (κ2) is 5.43. The quantitative estimate of drug-likeness (QED) is 0.847. The molecule has 0 spiro atoms. The number of nitrogens with one attached hydrogen (secondary N) is 1. The molecule has 0 aromatic carbocycles. The number of nitrogens with zero attached hydrogens (tertiary/aromatic N) is 1. The first-order valence-corrected chi connectivity index (χ1v) is 8.03. The van der Waals surface area contributed by atoms with Crippen molar-refractivity contribution in [2.75, 3.05) is 6.54 Å². The van der Waals surface area contributed by atoms with E-state index < -0.39 is 0 Å². The van der Waals surface area contributed by atoms with E-state index in [4.69, 9.17) is 0 Å². The van der Waals surface area contributed by atoms with Gasteiger partial charge < -0.3 is 4.90 Å². The SMILES string of the molecule is CCC1NC(C)(CC)C(=O)N1CC1(C)CCCCC1. The molecule has 1 aliphatic carbocycles. The predicted molar refractivity (Wildman–Crippen MR) is 78.8 cm³/mol.